The van der Waals surface area contributed by atoms with Crippen LogP contribution in [-0.2, 0) is 19.6 Å². The van der Waals surface area contributed by atoms with E-state index in [0.717, 1.165) is 0 Å². The van der Waals surface area contributed by atoms with E-state index in [9.17, 15) is 18.0 Å². The molecule has 9 heteroatoms. The largest absolute Gasteiger partial charge is 0.484 e. The molecule has 4 rings (SSSR count). The topological polar surface area (TPSA) is 102 Å². The molecule has 8 nitrogen and oxygen atoms in total. The lowest BCUT2D eigenvalue weighted by molar-refractivity contribution is -0.118. The number of nitrogens with one attached hydrogen (secondary N) is 1. The second-order valence-corrected chi connectivity index (χ2v) is 9.54. The lowest BCUT2D eigenvalue weighted by Gasteiger charge is -2.26. The van der Waals surface area contributed by atoms with Crippen molar-refractivity contribution in [2.45, 2.75) is 4.90 Å². The molecule has 1 amide bonds. The molecule has 0 bridgehead atoms. The van der Waals surface area contributed by atoms with E-state index in [2.05, 4.69) is 5.32 Å². The van der Waals surface area contributed by atoms with Crippen molar-refractivity contribution < 1.29 is 27.5 Å². The normalized spacial score (nSPS) is 14.4. The Morgan fingerprint density at radius 2 is 1.47 bits per heavy atom. The Bertz CT molecular complexity index is 1240. The van der Waals surface area contributed by atoms with Gasteiger partial charge >= 0.3 is 0 Å². The lowest BCUT2D eigenvalue weighted by Crippen LogP contribution is -2.40. The third-order valence-electron chi connectivity index (χ3n) is 5.27. The number of sulfonamides is 1. The Kier molecular flexibility index (Phi) is 7.36. The molecule has 34 heavy (non-hydrogen) atoms. The second-order valence-electron chi connectivity index (χ2n) is 7.60. The summed E-state index contributed by atoms with van der Waals surface area (Å²) in [4.78, 5) is 24.9. The summed E-state index contributed by atoms with van der Waals surface area (Å²) in [5.74, 6) is -0.104. The Balaban J connectivity index is 1.29. The van der Waals surface area contributed by atoms with Crippen molar-refractivity contribution in [2.24, 2.45) is 0 Å². The minimum atomic E-state index is -3.58. The zero-order chi connectivity index (χ0) is 24.0. The van der Waals surface area contributed by atoms with E-state index >= 15 is 0 Å². The Morgan fingerprint density at radius 1 is 0.853 bits per heavy atom. The Hall–Kier alpha value is -3.53. The molecule has 1 fully saturated rings. The van der Waals surface area contributed by atoms with Crippen molar-refractivity contribution in [1.82, 2.24) is 4.31 Å². The van der Waals surface area contributed by atoms with E-state index in [0.29, 0.717) is 48.9 Å². The van der Waals surface area contributed by atoms with Crippen LogP contribution in [0.3, 0.4) is 0 Å². The van der Waals surface area contributed by atoms with Gasteiger partial charge in [-0.2, -0.15) is 4.31 Å². The van der Waals surface area contributed by atoms with Gasteiger partial charge in [0.1, 0.15) is 5.75 Å². The minimum Gasteiger partial charge on any atom is -0.484 e. The molecular weight excluding hydrogens is 456 g/mol. The van der Waals surface area contributed by atoms with Gasteiger partial charge in [-0.05, 0) is 48.5 Å². The molecule has 3 aromatic rings. The number of carbonyl (C=O) groups is 2. The number of hydrogen-bond donors (Lipinski definition) is 1. The highest BCUT2D eigenvalue weighted by Gasteiger charge is 2.26. The molecule has 0 unspecified atom stereocenters. The van der Waals surface area contributed by atoms with Crippen LogP contribution in [0.5, 0.6) is 5.75 Å². The SMILES string of the molecule is O=C(COc1ccc(S(=O)(=O)N2CCOCC2)cc1)Nc1ccc(C(=O)c2ccccc2)cc1. The maximum Gasteiger partial charge on any atom is 0.262 e. The van der Waals surface area contributed by atoms with E-state index in [1.165, 1.54) is 28.6 Å². The molecule has 1 heterocycles. The molecule has 1 aliphatic rings. The van der Waals surface area contributed by atoms with Crippen molar-refractivity contribution in [1.29, 1.82) is 0 Å². The fourth-order valence-corrected chi connectivity index (χ4v) is 4.86. The van der Waals surface area contributed by atoms with Crippen molar-refractivity contribution in [3.8, 4) is 5.75 Å². The molecule has 0 saturated carbocycles. The number of benzene rings is 3. The molecule has 0 aliphatic carbocycles. The van der Waals surface area contributed by atoms with E-state index in [1.807, 2.05) is 6.07 Å². The van der Waals surface area contributed by atoms with E-state index in [1.54, 1.807) is 48.5 Å². The first-order valence-electron chi connectivity index (χ1n) is 10.7. The minimum absolute atomic E-state index is 0.0964. The van der Waals surface area contributed by atoms with Crippen LogP contribution in [0, 0.1) is 0 Å². The van der Waals surface area contributed by atoms with E-state index < -0.39 is 10.0 Å². The van der Waals surface area contributed by atoms with Crippen molar-refractivity contribution in [3.63, 3.8) is 0 Å². The molecule has 0 atom stereocenters. The zero-order valence-corrected chi connectivity index (χ0v) is 19.2. The predicted octanol–water partition coefficient (Wildman–Crippen LogP) is 2.96. The fourth-order valence-electron chi connectivity index (χ4n) is 3.45. The molecule has 0 spiro atoms. The molecule has 1 N–H and O–H groups in total. The maximum atomic E-state index is 12.7. The zero-order valence-electron chi connectivity index (χ0n) is 18.3. The van der Waals surface area contributed by atoms with Crippen LogP contribution in [-0.4, -0.2) is 57.3 Å². The lowest BCUT2D eigenvalue weighted by atomic mass is 10.0. The van der Waals surface area contributed by atoms with Gasteiger partial charge < -0.3 is 14.8 Å². The van der Waals surface area contributed by atoms with Crippen LogP contribution in [0.2, 0.25) is 0 Å². The van der Waals surface area contributed by atoms with Gasteiger partial charge in [-0.15, -0.1) is 0 Å². The number of hydrogen-bond acceptors (Lipinski definition) is 6. The number of rotatable bonds is 8. The number of morpholine rings is 1. The number of anilines is 1. The molecule has 0 aromatic heterocycles. The standard InChI is InChI=1S/C25H24N2O6S/c28-24(26-21-8-6-20(7-9-21)25(29)19-4-2-1-3-5-19)18-33-22-10-12-23(13-11-22)34(30,31)27-14-16-32-17-15-27/h1-13H,14-18H2,(H,26,28). The smallest absolute Gasteiger partial charge is 0.262 e. The van der Waals surface area contributed by atoms with Crippen molar-refractivity contribution >= 4 is 27.4 Å². The number of carbonyl (C=O) groups excluding carboxylic acids is 2. The van der Waals surface area contributed by atoms with Crippen LogP contribution >= 0.6 is 0 Å². The number of amides is 1. The third-order valence-corrected chi connectivity index (χ3v) is 7.18. The summed E-state index contributed by atoms with van der Waals surface area (Å²) >= 11 is 0. The molecule has 0 radical (unpaired) electrons. The van der Waals surface area contributed by atoms with Gasteiger partial charge in [0.2, 0.25) is 10.0 Å². The molecule has 1 saturated heterocycles. The fraction of sp³-hybridized carbons (Fsp3) is 0.200. The molecule has 1 aliphatic heterocycles. The maximum absolute atomic E-state index is 12.7. The first-order valence-corrected chi connectivity index (χ1v) is 12.2. The van der Waals surface area contributed by atoms with Crippen LogP contribution in [0.1, 0.15) is 15.9 Å². The monoisotopic (exact) mass is 480 g/mol. The average molecular weight is 481 g/mol. The summed E-state index contributed by atoms with van der Waals surface area (Å²) in [5.41, 5.74) is 1.65. The summed E-state index contributed by atoms with van der Waals surface area (Å²) in [5, 5.41) is 2.71. The highest BCUT2D eigenvalue weighted by molar-refractivity contribution is 7.89. The van der Waals surface area contributed by atoms with Gasteiger partial charge in [-0.3, -0.25) is 9.59 Å². The third kappa shape index (κ3) is 5.69. The average Bonchev–Trinajstić information content (AvgIpc) is 2.89. The van der Waals surface area contributed by atoms with E-state index in [-0.39, 0.29) is 23.2 Å². The summed E-state index contributed by atoms with van der Waals surface area (Å²) in [6.45, 7) is 1.15. The number of ketones is 1. The summed E-state index contributed by atoms with van der Waals surface area (Å²) < 4.78 is 37.4. The quantitative estimate of drug-likeness (QED) is 0.498. The Morgan fingerprint density at radius 3 is 2.12 bits per heavy atom. The highest BCUT2D eigenvalue weighted by atomic mass is 32.2. The Labute approximate surface area is 198 Å². The predicted molar refractivity (Wildman–Crippen MR) is 126 cm³/mol. The van der Waals surface area contributed by atoms with Crippen LogP contribution in [0.4, 0.5) is 5.69 Å². The van der Waals surface area contributed by atoms with Crippen LogP contribution in [0.15, 0.2) is 83.8 Å². The van der Waals surface area contributed by atoms with Crippen LogP contribution in [0.25, 0.3) is 0 Å². The van der Waals surface area contributed by atoms with Gasteiger partial charge in [-0.1, -0.05) is 30.3 Å². The van der Waals surface area contributed by atoms with Gasteiger partial charge in [0.25, 0.3) is 5.91 Å². The second kappa shape index (κ2) is 10.6. The number of ether oxygens (including phenoxy) is 2. The summed E-state index contributed by atoms with van der Waals surface area (Å²) in [6.07, 6.45) is 0. The van der Waals surface area contributed by atoms with Crippen LogP contribution < -0.4 is 10.1 Å². The summed E-state index contributed by atoms with van der Waals surface area (Å²) in [7, 11) is -3.58. The molecular formula is C25H24N2O6S. The molecule has 3 aromatic carbocycles. The van der Waals surface area contributed by atoms with Crippen molar-refractivity contribution in [3.05, 3.63) is 90.0 Å². The first kappa shape index (κ1) is 23.6. The molecule has 176 valence electrons. The van der Waals surface area contributed by atoms with Crippen molar-refractivity contribution in [2.75, 3.05) is 38.2 Å². The van der Waals surface area contributed by atoms with Gasteiger partial charge in [0.15, 0.2) is 12.4 Å². The van der Waals surface area contributed by atoms with Gasteiger partial charge in [0, 0.05) is 29.9 Å². The van der Waals surface area contributed by atoms with Gasteiger partial charge in [0.05, 0.1) is 18.1 Å². The van der Waals surface area contributed by atoms with Gasteiger partial charge in [-0.25, -0.2) is 8.42 Å². The number of nitrogens with zero attached hydrogens (tertiary/aromatic N) is 1. The van der Waals surface area contributed by atoms with E-state index in [4.69, 9.17) is 9.47 Å². The first-order chi connectivity index (χ1) is 16.4. The summed E-state index contributed by atoms with van der Waals surface area (Å²) in [6, 6.07) is 21.5. The highest BCUT2D eigenvalue weighted by Crippen LogP contribution is 2.21.